The number of thiazole rings is 1. The molecular weight excluding hydrogens is 282 g/mol. The maximum Gasteiger partial charge on any atom is 0.190 e. The molecule has 0 fully saturated rings. The first-order valence-corrected chi connectivity index (χ1v) is 7.76. The van der Waals surface area contributed by atoms with Crippen molar-refractivity contribution in [2.75, 3.05) is 19.1 Å². The predicted octanol–water partition coefficient (Wildman–Crippen LogP) is 3.68. The zero-order chi connectivity index (χ0) is 15.6. The summed E-state index contributed by atoms with van der Waals surface area (Å²) in [6.07, 6.45) is 0. The van der Waals surface area contributed by atoms with E-state index in [1.54, 1.807) is 18.4 Å². The van der Waals surface area contributed by atoms with Crippen LogP contribution in [0.25, 0.3) is 0 Å². The summed E-state index contributed by atoms with van der Waals surface area (Å²) >= 11 is 1.65. The largest absolute Gasteiger partial charge is 0.497 e. The molecule has 0 aliphatic heterocycles. The first kappa shape index (κ1) is 15.8. The number of hydrogen-bond donors (Lipinski definition) is 1. The number of benzene rings is 1. The molecule has 5 heteroatoms. The van der Waals surface area contributed by atoms with E-state index in [0.29, 0.717) is 6.54 Å². The van der Waals surface area contributed by atoms with Crippen LogP contribution in [0, 0.1) is 0 Å². The lowest BCUT2D eigenvalue weighted by molar-refractivity contribution is 0.415. The number of nitrogens with zero attached hydrogens (tertiary/aromatic N) is 2. The molecule has 2 N–H and O–H groups in total. The molecule has 0 amide bonds. The third kappa shape index (κ3) is 3.36. The second-order valence-electron chi connectivity index (χ2n) is 5.98. The van der Waals surface area contributed by atoms with Crippen LogP contribution < -0.4 is 15.4 Å². The Morgan fingerprint density at radius 1 is 1.33 bits per heavy atom. The monoisotopic (exact) mass is 305 g/mol. The summed E-state index contributed by atoms with van der Waals surface area (Å²) in [7, 11) is 3.69. The van der Waals surface area contributed by atoms with Crippen LogP contribution in [0.1, 0.15) is 31.3 Å². The van der Waals surface area contributed by atoms with E-state index in [9.17, 15) is 0 Å². The van der Waals surface area contributed by atoms with Gasteiger partial charge in [0.2, 0.25) is 0 Å². The van der Waals surface area contributed by atoms with Crippen molar-refractivity contribution in [2.45, 2.75) is 32.7 Å². The van der Waals surface area contributed by atoms with Gasteiger partial charge in [-0.1, -0.05) is 38.2 Å². The smallest absolute Gasteiger partial charge is 0.190 e. The molecule has 1 aromatic heterocycles. The molecular formula is C16H23N3OS. The van der Waals surface area contributed by atoms with Crippen LogP contribution in [0.4, 0.5) is 10.8 Å². The van der Waals surface area contributed by atoms with Gasteiger partial charge in [0, 0.05) is 35.6 Å². The van der Waals surface area contributed by atoms with E-state index in [-0.39, 0.29) is 5.41 Å². The number of anilines is 2. The number of nitrogens with two attached hydrogens (primary N) is 1. The van der Waals surface area contributed by atoms with Crippen molar-refractivity contribution in [2.24, 2.45) is 5.73 Å². The Hall–Kier alpha value is -1.59. The fraction of sp³-hybridized carbons (Fsp3) is 0.438. The summed E-state index contributed by atoms with van der Waals surface area (Å²) in [5, 5.41) is 0.952. The lowest BCUT2D eigenvalue weighted by Crippen LogP contribution is -2.16. The SMILES string of the molecule is COc1cccc(N(C)c2nc(C(C)(C)C)c(CN)s2)c1. The van der Waals surface area contributed by atoms with E-state index in [2.05, 4.69) is 25.7 Å². The second-order valence-corrected chi connectivity index (χ2v) is 7.04. The molecule has 0 saturated heterocycles. The maximum atomic E-state index is 5.88. The predicted molar refractivity (Wildman–Crippen MR) is 89.8 cm³/mol. The summed E-state index contributed by atoms with van der Waals surface area (Å²) in [4.78, 5) is 8.02. The summed E-state index contributed by atoms with van der Waals surface area (Å²) < 4.78 is 5.28. The molecule has 2 rings (SSSR count). The molecule has 0 unspecified atom stereocenters. The van der Waals surface area contributed by atoms with Gasteiger partial charge in [0.15, 0.2) is 5.13 Å². The minimum atomic E-state index is -0.00132. The Morgan fingerprint density at radius 3 is 2.57 bits per heavy atom. The third-order valence-corrected chi connectivity index (χ3v) is 4.46. The topological polar surface area (TPSA) is 51.4 Å². The van der Waals surface area contributed by atoms with Gasteiger partial charge in [-0.05, 0) is 12.1 Å². The van der Waals surface area contributed by atoms with Crippen molar-refractivity contribution >= 4 is 22.2 Å². The number of rotatable bonds is 4. The summed E-state index contributed by atoms with van der Waals surface area (Å²) in [5.41, 5.74) is 8.01. The van der Waals surface area contributed by atoms with Gasteiger partial charge < -0.3 is 15.4 Å². The van der Waals surface area contributed by atoms with Crippen LogP contribution in [0.3, 0.4) is 0 Å². The summed E-state index contributed by atoms with van der Waals surface area (Å²) in [6.45, 7) is 7.01. The Labute approximate surface area is 130 Å². The van der Waals surface area contributed by atoms with Crippen LogP contribution in [-0.4, -0.2) is 19.1 Å². The Kier molecular flexibility index (Phi) is 4.54. The minimum absolute atomic E-state index is 0.00132. The number of methoxy groups -OCH3 is 1. The van der Waals surface area contributed by atoms with E-state index in [4.69, 9.17) is 15.5 Å². The van der Waals surface area contributed by atoms with E-state index < -0.39 is 0 Å². The van der Waals surface area contributed by atoms with E-state index in [1.165, 1.54) is 0 Å². The Balaban J connectivity index is 2.39. The normalized spacial score (nSPS) is 11.5. The molecule has 2 aromatic rings. The van der Waals surface area contributed by atoms with Gasteiger partial charge >= 0.3 is 0 Å². The second kappa shape index (κ2) is 6.03. The number of ether oxygens (including phenoxy) is 1. The van der Waals surface area contributed by atoms with Crippen LogP contribution in [-0.2, 0) is 12.0 Å². The van der Waals surface area contributed by atoms with Gasteiger partial charge in [-0.2, -0.15) is 0 Å². The highest BCUT2D eigenvalue weighted by molar-refractivity contribution is 7.15. The van der Waals surface area contributed by atoms with Crippen LogP contribution in [0.15, 0.2) is 24.3 Å². The summed E-state index contributed by atoms with van der Waals surface area (Å²) in [6, 6.07) is 7.96. The highest BCUT2D eigenvalue weighted by Gasteiger charge is 2.24. The van der Waals surface area contributed by atoms with Crippen LogP contribution in [0.5, 0.6) is 5.75 Å². The van der Waals surface area contributed by atoms with Crippen molar-refractivity contribution < 1.29 is 4.74 Å². The quantitative estimate of drug-likeness (QED) is 0.936. The molecule has 0 radical (unpaired) electrons. The van der Waals surface area contributed by atoms with E-state index in [0.717, 1.165) is 27.1 Å². The molecule has 21 heavy (non-hydrogen) atoms. The van der Waals surface area contributed by atoms with Gasteiger partial charge in [-0.15, -0.1) is 0 Å². The molecule has 0 bridgehead atoms. The van der Waals surface area contributed by atoms with Crippen molar-refractivity contribution in [3.8, 4) is 5.75 Å². The van der Waals surface area contributed by atoms with Crippen molar-refractivity contribution in [3.63, 3.8) is 0 Å². The van der Waals surface area contributed by atoms with E-state index in [1.807, 2.05) is 31.3 Å². The third-order valence-electron chi connectivity index (χ3n) is 3.31. The minimum Gasteiger partial charge on any atom is -0.497 e. The van der Waals surface area contributed by atoms with Crippen LogP contribution >= 0.6 is 11.3 Å². The molecule has 0 aliphatic rings. The average molecular weight is 305 g/mol. The molecule has 114 valence electrons. The number of aromatic nitrogens is 1. The molecule has 0 spiro atoms. The molecule has 0 saturated carbocycles. The first-order valence-electron chi connectivity index (χ1n) is 6.95. The van der Waals surface area contributed by atoms with E-state index >= 15 is 0 Å². The molecule has 1 heterocycles. The molecule has 0 atom stereocenters. The molecule has 4 nitrogen and oxygen atoms in total. The van der Waals surface area contributed by atoms with Gasteiger partial charge in [0.25, 0.3) is 0 Å². The first-order chi connectivity index (χ1) is 9.86. The van der Waals surface area contributed by atoms with Gasteiger partial charge in [-0.25, -0.2) is 4.98 Å². The average Bonchev–Trinajstić information content (AvgIpc) is 2.91. The Bertz CT molecular complexity index is 616. The number of hydrogen-bond acceptors (Lipinski definition) is 5. The standard InChI is InChI=1S/C16H23N3OS/c1-16(2,3)14-13(10-17)21-15(18-14)19(4)11-7-6-8-12(9-11)20-5/h6-9H,10,17H2,1-5H3. The summed E-state index contributed by atoms with van der Waals surface area (Å²) in [5.74, 6) is 0.839. The Morgan fingerprint density at radius 2 is 2.05 bits per heavy atom. The fourth-order valence-electron chi connectivity index (χ4n) is 2.14. The van der Waals surface area contributed by atoms with Crippen molar-refractivity contribution in [3.05, 3.63) is 34.8 Å². The lowest BCUT2D eigenvalue weighted by atomic mass is 9.91. The van der Waals surface area contributed by atoms with Crippen LogP contribution in [0.2, 0.25) is 0 Å². The van der Waals surface area contributed by atoms with Gasteiger partial charge in [0.1, 0.15) is 5.75 Å². The maximum absolute atomic E-state index is 5.88. The zero-order valence-electron chi connectivity index (χ0n) is 13.3. The molecule has 0 aliphatic carbocycles. The lowest BCUT2D eigenvalue weighted by Gasteiger charge is -2.18. The van der Waals surface area contributed by atoms with Gasteiger partial charge in [-0.3, -0.25) is 0 Å². The fourth-order valence-corrected chi connectivity index (χ4v) is 3.27. The highest BCUT2D eigenvalue weighted by atomic mass is 32.1. The highest BCUT2D eigenvalue weighted by Crippen LogP contribution is 2.36. The zero-order valence-corrected chi connectivity index (χ0v) is 14.1. The van der Waals surface area contributed by atoms with Crippen molar-refractivity contribution in [1.82, 2.24) is 4.98 Å². The van der Waals surface area contributed by atoms with Crippen molar-refractivity contribution in [1.29, 1.82) is 0 Å². The molecule has 1 aromatic carbocycles. The van der Waals surface area contributed by atoms with Gasteiger partial charge in [0.05, 0.1) is 12.8 Å².